The molecule has 5 nitrogen and oxygen atoms in total. The molecule has 1 saturated heterocycles. The fourth-order valence-electron chi connectivity index (χ4n) is 3.82. The van der Waals surface area contributed by atoms with Gasteiger partial charge in [0.15, 0.2) is 0 Å². The Balaban J connectivity index is 1.65. The van der Waals surface area contributed by atoms with Crippen LogP contribution in [0.1, 0.15) is 18.9 Å². The van der Waals surface area contributed by atoms with Crippen LogP contribution in [0.4, 0.5) is 0 Å². The molecular weight excluding hydrogens is 360 g/mol. The number of carbonyl (C=O) groups excluding carboxylic acids is 1. The van der Waals surface area contributed by atoms with E-state index < -0.39 is 10.0 Å². The summed E-state index contributed by atoms with van der Waals surface area (Å²) in [6, 6.07) is 18.0. The van der Waals surface area contributed by atoms with Crippen molar-refractivity contribution in [3.05, 3.63) is 60.2 Å². The Morgan fingerprint density at radius 2 is 1.81 bits per heavy atom. The lowest BCUT2D eigenvalue weighted by Crippen LogP contribution is -2.32. The molecule has 1 aromatic heterocycles. The molecule has 3 aromatic rings. The highest BCUT2D eigenvalue weighted by molar-refractivity contribution is 7.89. The molecule has 1 N–H and O–H groups in total. The van der Waals surface area contributed by atoms with E-state index in [9.17, 15) is 13.2 Å². The number of aryl methyl sites for hydroxylation is 1. The molecule has 140 valence electrons. The minimum Gasteiger partial charge on any atom is -0.354 e. The second-order valence-electron chi connectivity index (χ2n) is 7.20. The van der Waals surface area contributed by atoms with Crippen LogP contribution < -0.4 is 0 Å². The van der Waals surface area contributed by atoms with Crippen LogP contribution in [0.5, 0.6) is 0 Å². The van der Waals surface area contributed by atoms with Crippen molar-refractivity contribution in [2.24, 2.45) is 5.92 Å². The van der Waals surface area contributed by atoms with Gasteiger partial charge in [-0.05, 0) is 29.5 Å². The van der Waals surface area contributed by atoms with Gasteiger partial charge in [-0.2, -0.15) is 0 Å². The average molecular weight is 382 g/mol. The van der Waals surface area contributed by atoms with Gasteiger partial charge >= 0.3 is 0 Å². The topological polar surface area (TPSA) is 70.2 Å². The van der Waals surface area contributed by atoms with Crippen LogP contribution in [0.3, 0.4) is 0 Å². The normalized spacial score (nSPS) is 18.9. The van der Waals surface area contributed by atoms with Gasteiger partial charge in [0.25, 0.3) is 0 Å². The Hall–Kier alpha value is -2.60. The third-order valence-electron chi connectivity index (χ3n) is 5.05. The second-order valence-corrected chi connectivity index (χ2v) is 9.14. The van der Waals surface area contributed by atoms with E-state index >= 15 is 0 Å². The maximum atomic E-state index is 12.6. The van der Waals surface area contributed by atoms with Gasteiger partial charge in [0.05, 0.1) is 5.75 Å². The molecule has 1 aliphatic heterocycles. The molecule has 2 aromatic carbocycles. The summed E-state index contributed by atoms with van der Waals surface area (Å²) in [7, 11) is -3.46. The third-order valence-corrected chi connectivity index (χ3v) is 7.07. The highest BCUT2D eigenvalue weighted by atomic mass is 32.2. The number of rotatable bonds is 4. The van der Waals surface area contributed by atoms with E-state index in [1.54, 1.807) is 0 Å². The lowest BCUT2D eigenvalue weighted by molar-refractivity contribution is -0.126. The van der Waals surface area contributed by atoms with Gasteiger partial charge in [0, 0.05) is 29.6 Å². The minimum atomic E-state index is -3.46. The summed E-state index contributed by atoms with van der Waals surface area (Å²) in [6.07, 6.45) is 0.668. The summed E-state index contributed by atoms with van der Waals surface area (Å²) in [6.45, 7) is 2.15. The van der Waals surface area contributed by atoms with Crippen molar-refractivity contribution in [2.75, 3.05) is 12.3 Å². The Labute approximate surface area is 159 Å². The number of aromatic nitrogens is 1. The SMILES string of the molecule is CC1CN(C(=O)CCc2c(-c3ccccc3)[nH]c3ccccc23)S(=O)(=O)C1. The molecule has 27 heavy (non-hydrogen) atoms. The molecule has 1 aliphatic rings. The van der Waals surface area contributed by atoms with E-state index in [4.69, 9.17) is 0 Å². The van der Waals surface area contributed by atoms with Crippen LogP contribution in [-0.2, 0) is 21.2 Å². The van der Waals surface area contributed by atoms with Crippen LogP contribution >= 0.6 is 0 Å². The van der Waals surface area contributed by atoms with Crippen molar-refractivity contribution in [1.82, 2.24) is 9.29 Å². The zero-order valence-corrected chi connectivity index (χ0v) is 16.0. The largest absolute Gasteiger partial charge is 0.354 e. The van der Waals surface area contributed by atoms with Crippen LogP contribution in [0.15, 0.2) is 54.6 Å². The Morgan fingerprint density at radius 3 is 2.52 bits per heavy atom. The monoisotopic (exact) mass is 382 g/mol. The number of nitrogens with one attached hydrogen (secondary N) is 1. The van der Waals surface area contributed by atoms with Crippen molar-refractivity contribution in [1.29, 1.82) is 0 Å². The second kappa shape index (κ2) is 6.85. The molecule has 0 radical (unpaired) electrons. The first-order valence-electron chi connectivity index (χ1n) is 9.14. The predicted molar refractivity (Wildman–Crippen MR) is 107 cm³/mol. The maximum absolute atomic E-state index is 12.6. The summed E-state index contributed by atoms with van der Waals surface area (Å²) >= 11 is 0. The summed E-state index contributed by atoms with van der Waals surface area (Å²) in [5.74, 6) is -0.267. The zero-order valence-electron chi connectivity index (χ0n) is 15.2. The molecule has 1 amide bonds. The Kier molecular flexibility index (Phi) is 4.52. The van der Waals surface area contributed by atoms with E-state index in [0.717, 1.165) is 32.0 Å². The first-order chi connectivity index (χ1) is 13.0. The van der Waals surface area contributed by atoms with Crippen molar-refractivity contribution < 1.29 is 13.2 Å². The predicted octanol–water partition coefficient (Wildman–Crippen LogP) is 3.58. The van der Waals surface area contributed by atoms with Gasteiger partial charge in [0.1, 0.15) is 0 Å². The lowest BCUT2D eigenvalue weighted by Gasteiger charge is -2.15. The van der Waals surface area contributed by atoms with E-state index in [1.165, 1.54) is 0 Å². The van der Waals surface area contributed by atoms with Gasteiger partial charge in [-0.15, -0.1) is 0 Å². The molecule has 1 atom stereocenters. The number of hydrogen-bond acceptors (Lipinski definition) is 3. The standard InChI is InChI=1S/C21H22N2O3S/c1-15-13-23(27(25,26)14-15)20(24)12-11-18-17-9-5-6-10-19(17)22-21(18)16-7-3-2-4-8-16/h2-10,15,22H,11-14H2,1H3. The molecule has 0 bridgehead atoms. The van der Waals surface area contributed by atoms with E-state index in [-0.39, 0.29) is 24.0 Å². The van der Waals surface area contributed by atoms with Crippen LogP contribution in [0.2, 0.25) is 0 Å². The zero-order chi connectivity index (χ0) is 19.0. The smallest absolute Gasteiger partial charge is 0.237 e. The molecule has 4 rings (SSSR count). The van der Waals surface area contributed by atoms with E-state index in [2.05, 4.69) is 4.98 Å². The van der Waals surface area contributed by atoms with Crippen LogP contribution in [-0.4, -0.2) is 35.9 Å². The Bertz CT molecular complexity index is 1090. The van der Waals surface area contributed by atoms with E-state index in [0.29, 0.717) is 13.0 Å². The molecule has 1 unspecified atom stereocenters. The number of sulfonamides is 1. The molecule has 0 aliphatic carbocycles. The fourth-order valence-corrected chi connectivity index (χ4v) is 5.71. The number of nitrogens with zero attached hydrogens (tertiary/aromatic N) is 1. The first kappa shape index (κ1) is 17.8. The van der Waals surface area contributed by atoms with Gasteiger partial charge in [0.2, 0.25) is 15.9 Å². The number of carbonyl (C=O) groups is 1. The van der Waals surface area contributed by atoms with Crippen molar-refractivity contribution in [3.8, 4) is 11.3 Å². The fraction of sp³-hybridized carbons (Fsp3) is 0.286. The summed E-state index contributed by atoms with van der Waals surface area (Å²) in [5, 5.41) is 1.07. The summed E-state index contributed by atoms with van der Waals surface area (Å²) < 4.78 is 25.4. The first-order valence-corrected chi connectivity index (χ1v) is 10.7. The third kappa shape index (κ3) is 3.37. The summed E-state index contributed by atoms with van der Waals surface area (Å²) in [5.41, 5.74) is 4.11. The molecule has 2 heterocycles. The number of benzene rings is 2. The van der Waals surface area contributed by atoms with E-state index in [1.807, 2.05) is 61.5 Å². The minimum absolute atomic E-state index is 0.00748. The number of aromatic amines is 1. The number of H-pyrrole nitrogens is 1. The van der Waals surface area contributed by atoms with Crippen molar-refractivity contribution >= 4 is 26.8 Å². The molecule has 0 spiro atoms. The maximum Gasteiger partial charge on any atom is 0.237 e. The van der Waals surface area contributed by atoms with Gasteiger partial charge in [-0.3, -0.25) is 4.79 Å². The number of para-hydroxylation sites is 1. The highest BCUT2D eigenvalue weighted by Crippen LogP contribution is 2.31. The number of amides is 1. The molecule has 0 saturated carbocycles. The van der Waals surface area contributed by atoms with Crippen LogP contribution in [0.25, 0.3) is 22.2 Å². The number of hydrogen-bond donors (Lipinski definition) is 1. The quantitative estimate of drug-likeness (QED) is 0.750. The van der Waals surface area contributed by atoms with Gasteiger partial charge in [-0.1, -0.05) is 55.5 Å². The number of fused-ring (bicyclic) bond motifs is 1. The molecule has 6 heteroatoms. The lowest BCUT2D eigenvalue weighted by atomic mass is 10.0. The van der Waals surface area contributed by atoms with Crippen molar-refractivity contribution in [3.63, 3.8) is 0 Å². The summed E-state index contributed by atoms with van der Waals surface area (Å²) in [4.78, 5) is 16.1. The van der Waals surface area contributed by atoms with Gasteiger partial charge < -0.3 is 4.98 Å². The van der Waals surface area contributed by atoms with Crippen LogP contribution in [0, 0.1) is 5.92 Å². The van der Waals surface area contributed by atoms with Gasteiger partial charge in [-0.25, -0.2) is 12.7 Å². The molecular formula is C21H22N2O3S. The average Bonchev–Trinajstić information content (AvgIpc) is 3.16. The molecule has 1 fully saturated rings. The van der Waals surface area contributed by atoms with Crippen molar-refractivity contribution in [2.45, 2.75) is 19.8 Å². The highest BCUT2D eigenvalue weighted by Gasteiger charge is 2.36. The Morgan fingerprint density at radius 1 is 1.11 bits per heavy atom.